The summed E-state index contributed by atoms with van der Waals surface area (Å²) in [4.78, 5) is 17.1. The van der Waals surface area contributed by atoms with E-state index >= 15 is 0 Å². The van der Waals surface area contributed by atoms with E-state index in [0.717, 1.165) is 0 Å². The lowest BCUT2D eigenvalue weighted by Crippen LogP contribution is -2.34. The first-order valence-electron chi connectivity index (χ1n) is 4.57. The molecule has 0 aliphatic rings. The molecule has 0 aliphatic heterocycles. The van der Waals surface area contributed by atoms with E-state index < -0.39 is 0 Å². The quantitative estimate of drug-likeness (QED) is 0.727. The van der Waals surface area contributed by atoms with Gasteiger partial charge in [-0.3, -0.25) is 4.79 Å². The third-order valence-corrected chi connectivity index (χ3v) is 2.81. The minimum absolute atomic E-state index is 0.0540. The van der Waals surface area contributed by atoms with Crippen LogP contribution in [0.1, 0.15) is 13.8 Å². The van der Waals surface area contributed by atoms with E-state index in [-0.39, 0.29) is 17.9 Å². The predicted molar refractivity (Wildman–Crippen MR) is 59.4 cm³/mol. The number of nitrogen functional groups attached to an aromatic ring is 1. The molecule has 0 aromatic carbocycles. The maximum Gasteiger partial charge on any atom is 0.233 e. The average Bonchev–Trinajstić information content (AvgIpc) is 2.59. The summed E-state index contributed by atoms with van der Waals surface area (Å²) in [5.41, 5.74) is 5.36. The van der Waals surface area contributed by atoms with Crippen LogP contribution in [0.3, 0.4) is 0 Å². The molecule has 0 aliphatic carbocycles. The minimum atomic E-state index is 0.0540. The van der Waals surface area contributed by atoms with Crippen molar-refractivity contribution < 1.29 is 4.79 Å². The summed E-state index contributed by atoms with van der Waals surface area (Å²) in [5, 5.41) is 6.84. The maximum absolute atomic E-state index is 11.6. The van der Waals surface area contributed by atoms with Crippen LogP contribution in [0.15, 0.2) is 5.16 Å². The minimum Gasteiger partial charge on any atom is -0.368 e. The second-order valence-corrected chi connectivity index (χ2v) is 4.33. The fourth-order valence-electron chi connectivity index (χ4n) is 0.839. The van der Waals surface area contributed by atoms with E-state index in [9.17, 15) is 4.79 Å². The molecule has 3 N–H and O–H groups in total. The SMILES string of the molecule is CC(C)N(C)C(=O)CSc1n[nH]c(N)n1. The third-order valence-electron chi connectivity index (χ3n) is 1.97. The van der Waals surface area contributed by atoms with Crippen molar-refractivity contribution in [2.24, 2.45) is 0 Å². The summed E-state index contributed by atoms with van der Waals surface area (Å²) >= 11 is 1.27. The first-order valence-corrected chi connectivity index (χ1v) is 5.55. The average molecular weight is 229 g/mol. The van der Waals surface area contributed by atoms with E-state index in [1.807, 2.05) is 13.8 Å². The van der Waals surface area contributed by atoms with Crippen molar-refractivity contribution in [3.8, 4) is 0 Å². The van der Waals surface area contributed by atoms with Gasteiger partial charge in [0.05, 0.1) is 5.75 Å². The van der Waals surface area contributed by atoms with Crippen LogP contribution in [0.4, 0.5) is 5.95 Å². The van der Waals surface area contributed by atoms with Gasteiger partial charge >= 0.3 is 0 Å². The van der Waals surface area contributed by atoms with Crippen LogP contribution in [-0.4, -0.2) is 44.8 Å². The van der Waals surface area contributed by atoms with Gasteiger partial charge in [-0.25, -0.2) is 5.10 Å². The Balaban J connectivity index is 2.40. The molecule has 0 bridgehead atoms. The highest BCUT2D eigenvalue weighted by Gasteiger charge is 2.13. The molecule has 0 saturated heterocycles. The highest BCUT2D eigenvalue weighted by Crippen LogP contribution is 2.13. The Bertz CT molecular complexity index is 338. The van der Waals surface area contributed by atoms with Crippen LogP contribution in [-0.2, 0) is 4.79 Å². The lowest BCUT2D eigenvalue weighted by Gasteiger charge is -2.20. The Hall–Kier alpha value is -1.24. The van der Waals surface area contributed by atoms with Crippen LogP contribution in [0.2, 0.25) is 0 Å². The van der Waals surface area contributed by atoms with E-state index in [1.54, 1.807) is 11.9 Å². The van der Waals surface area contributed by atoms with Crippen molar-refractivity contribution in [3.63, 3.8) is 0 Å². The lowest BCUT2D eigenvalue weighted by molar-refractivity contribution is -0.128. The van der Waals surface area contributed by atoms with Crippen LogP contribution < -0.4 is 5.73 Å². The summed E-state index contributed by atoms with van der Waals surface area (Å²) in [6.07, 6.45) is 0. The fraction of sp³-hybridized carbons (Fsp3) is 0.625. The molecule has 0 unspecified atom stereocenters. The number of carbonyl (C=O) groups excluding carboxylic acids is 1. The Morgan fingerprint density at radius 2 is 2.33 bits per heavy atom. The second kappa shape index (κ2) is 5.01. The topological polar surface area (TPSA) is 87.9 Å². The van der Waals surface area contributed by atoms with Crippen LogP contribution in [0.25, 0.3) is 0 Å². The summed E-state index contributed by atoms with van der Waals surface area (Å²) in [5.74, 6) is 0.645. The molecule has 1 aromatic rings. The third kappa shape index (κ3) is 3.43. The van der Waals surface area contributed by atoms with Gasteiger partial charge in [0.25, 0.3) is 0 Å². The van der Waals surface area contributed by atoms with Gasteiger partial charge in [-0.15, -0.1) is 5.10 Å². The number of amides is 1. The van der Waals surface area contributed by atoms with Crippen LogP contribution >= 0.6 is 11.8 Å². The van der Waals surface area contributed by atoms with E-state index in [1.165, 1.54) is 11.8 Å². The molecular weight excluding hydrogens is 214 g/mol. The second-order valence-electron chi connectivity index (χ2n) is 3.39. The van der Waals surface area contributed by atoms with Gasteiger partial charge in [0.1, 0.15) is 0 Å². The fourth-order valence-corrected chi connectivity index (χ4v) is 1.57. The van der Waals surface area contributed by atoms with Gasteiger partial charge in [-0.05, 0) is 13.8 Å². The molecule has 0 spiro atoms. The van der Waals surface area contributed by atoms with Crippen molar-refractivity contribution in [2.45, 2.75) is 25.0 Å². The molecule has 0 fully saturated rings. The first kappa shape index (κ1) is 11.8. The molecule has 1 rings (SSSR count). The molecule has 84 valence electrons. The smallest absolute Gasteiger partial charge is 0.233 e. The van der Waals surface area contributed by atoms with Crippen LogP contribution in [0.5, 0.6) is 0 Å². The molecule has 0 atom stereocenters. The Morgan fingerprint density at radius 1 is 1.67 bits per heavy atom. The van der Waals surface area contributed by atoms with Gasteiger partial charge in [0.15, 0.2) is 0 Å². The number of thioether (sulfide) groups is 1. The maximum atomic E-state index is 11.6. The van der Waals surface area contributed by atoms with Gasteiger partial charge in [0, 0.05) is 13.1 Å². The first-order chi connectivity index (χ1) is 7.00. The Labute approximate surface area is 92.6 Å². The monoisotopic (exact) mass is 229 g/mol. The van der Waals surface area contributed by atoms with E-state index in [2.05, 4.69) is 15.2 Å². The zero-order chi connectivity index (χ0) is 11.4. The number of aromatic nitrogens is 3. The van der Waals surface area contributed by atoms with Gasteiger partial charge < -0.3 is 10.6 Å². The van der Waals surface area contributed by atoms with Crippen molar-refractivity contribution in [2.75, 3.05) is 18.5 Å². The number of aromatic amines is 1. The number of nitrogens with one attached hydrogen (secondary N) is 1. The lowest BCUT2D eigenvalue weighted by atomic mass is 10.3. The van der Waals surface area contributed by atoms with Crippen molar-refractivity contribution in [3.05, 3.63) is 0 Å². The number of H-pyrrole nitrogens is 1. The molecule has 6 nitrogen and oxygen atoms in total. The molecule has 1 heterocycles. The van der Waals surface area contributed by atoms with E-state index in [4.69, 9.17) is 5.73 Å². The zero-order valence-electron chi connectivity index (χ0n) is 9.02. The highest BCUT2D eigenvalue weighted by molar-refractivity contribution is 7.99. The summed E-state index contributed by atoms with van der Waals surface area (Å²) in [6, 6.07) is 0.204. The van der Waals surface area contributed by atoms with Gasteiger partial charge in [-0.2, -0.15) is 4.98 Å². The number of nitrogens with two attached hydrogens (primary N) is 1. The Morgan fingerprint density at radius 3 is 2.80 bits per heavy atom. The number of hydrogen-bond acceptors (Lipinski definition) is 5. The van der Waals surface area contributed by atoms with E-state index in [0.29, 0.717) is 10.9 Å². The van der Waals surface area contributed by atoms with Crippen LogP contribution in [0, 0.1) is 0 Å². The van der Waals surface area contributed by atoms with Gasteiger partial charge in [0.2, 0.25) is 17.0 Å². The molecule has 1 amide bonds. The zero-order valence-corrected chi connectivity index (χ0v) is 9.84. The van der Waals surface area contributed by atoms with Crippen molar-refractivity contribution in [1.82, 2.24) is 20.1 Å². The summed E-state index contributed by atoms with van der Waals surface area (Å²) in [6.45, 7) is 3.93. The van der Waals surface area contributed by atoms with Crippen molar-refractivity contribution in [1.29, 1.82) is 0 Å². The highest BCUT2D eigenvalue weighted by atomic mass is 32.2. The summed E-state index contributed by atoms with van der Waals surface area (Å²) < 4.78 is 0. The number of anilines is 1. The van der Waals surface area contributed by atoms with Gasteiger partial charge in [-0.1, -0.05) is 11.8 Å². The molecule has 0 saturated carbocycles. The molecule has 0 radical (unpaired) electrons. The number of carbonyl (C=O) groups is 1. The molecular formula is C8H15N5OS. The Kier molecular flexibility index (Phi) is 3.96. The normalized spacial score (nSPS) is 10.7. The molecule has 1 aromatic heterocycles. The summed E-state index contributed by atoms with van der Waals surface area (Å²) in [7, 11) is 1.78. The molecule has 15 heavy (non-hydrogen) atoms. The predicted octanol–water partition coefficient (Wildman–Crippen LogP) is 0.346. The number of rotatable bonds is 4. The standard InChI is InChI=1S/C8H15N5OS/c1-5(2)13(3)6(14)4-15-8-10-7(9)11-12-8/h5H,4H2,1-3H3,(H3,9,10,11,12). The number of hydrogen-bond donors (Lipinski definition) is 2. The largest absolute Gasteiger partial charge is 0.368 e. The number of nitrogens with zero attached hydrogens (tertiary/aromatic N) is 3. The molecule has 7 heteroatoms. The van der Waals surface area contributed by atoms with Crippen molar-refractivity contribution >= 4 is 23.6 Å².